The predicted octanol–water partition coefficient (Wildman–Crippen LogP) is 3.48. The van der Waals surface area contributed by atoms with Crippen LogP contribution in [0.4, 0.5) is 5.69 Å². The minimum absolute atomic E-state index is 0.0139. The van der Waals surface area contributed by atoms with Gasteiger partial charge in [0.2, 0.25) is 0 Å². The van der Waals surface area contributed by atoms with Crippen LogP contribution < -0.4 is 3.71 Å². The van der Waals surface area contributed by atoms with Gasteiger partial charge in [0.15, 0.2) is 6.29 Å². The van der Waals surface area contributed by atoms with Gasteiger partial charge in [0.25, 0.3) is 20.0 Å². The summed E-state index contributed by atoms with van der Waals surface area (Å²) < 4.78 is 54.5. The van der Waals surface area contributed by atoms with Crippen LogP contribution in [0.3, 0.4) is 0 Å². The number of sulfonamides is 2. The summed E-state index contributed by atoms with van der Waals surface area (Å²) in [5, 5.41) is 18.5. The summed E-state index contributed by atoms with van der Waals surface area (Å²) >= 11 is 6.03. The molecule has 32 heavy (non-hydrogen) atoms. The van der Waals surface area contributed by atoms with Crippen molar-refractivity contribution in [2.24, 2.45) is 0 Å². The molecule has 3 aromatic rings. The quantitative estimate of drug-likeness (QED) is 0.487. The van der Waals surface area contributed by atoms with Gasteiger partial charge in [0.1, 0.15) is 21.9 Å². The van der Waals surface area contributed by atoms with Gasteiger partial charge in [-0.05, 0) is 42.5 Å². The largest absolute Gasteiger partial charge is 0.298 e. The van der Waals surface area contributed by atoms with Crippen LogP contribution in [0.25, 0.3) is 0 Å². The fourth-order valence-corrected chi connectivity index (χ4v) is 7.04. The number of carbonyl (C=O) groups excluding carboxylic acids is 1. The van der Waals surface area contributed by atoms with Crippen LogP contribution in [0.2, 0.25) is 5.02 Å². The van der Waals surface area contributed by atoms with Crippen molar-refractivity contribution in [2.45, 2.75) is 9.79 Å². The van der Waals surface area contributed by atoms with Crippen molar-refractivity contribution in [1.29, 1.82) is 10.5 Å². The van der Waals surface area contributed by atoms with Crippen molar-refractivity contribution in [3.05, 3.63) is 88.4 Å². The van der Waals surface area contributed by atoms with Gasteiger partial charge in [-0.3, -0.25) is 4.79 Å². The van der Waals surface area contributed by atoms with E-state index in [2.05, 4.69) is 0 Å². The Hall–Kier alpha value is -3.70. The first kappa shape index (κ1) is 23.0. The van der Waals surface area contributed by atoms with Crippen molar-refractivity contribution < 1.29 is 21.6 Å². The van der Waals surface area contributed by atoms with Crippen LogP contribution in [-0.4, -0.2) is 23.1 Å². The summed E-state index contributed by atoms with van der Waals surface area (Å²) in [4.78, 5) is 9.99. The minimum Gasteiger partial charge on any atom is -0.298 e. The minimum atomic E-state index is -4.90. The number of nitrogens with zero attached hydrogens (tertiary/aromatic N) is 3. The van der Waals surface area contributed by atoms with Crippen LogP contribution >= 0.6 is 11.6 Å². The maximum atomic E-state index is 13.6. The third kappa shape index (κ3) is 3.95. The van der Waals surface area contributed by atoms with Crippen molar-refractivity contribution in [1.82, 2.24) is 0 Å². The fraction of sp³-hybridized carbons (Fsp3) is 0. The molecule has 3 rings (SSSR count). The van der Waals surface area contributed by atoms with Gasteiger partial charge >= 0.3 is 0 Å². The molecule has 0 heterocycles. The molecular formula is C21H12ClN3O5S2. The summed E-state index contributed by atoms with van der Waals surface area (Å²) in [7, 11) is -9.80. The fourth-order valence-electron chi connectivity index (χ4n) is 2.88. The lowest BCUT2D eigenvalue weighted by molar-refractivity contribution is 0.112. The average molecular weight is 486 g/mol. The lowest BCUT2D eigenvalue weighted by atomic mass is 10.2. The molecule has 3 aromatic carbocycles. The Labute approximate surface area is 189 Å². The predicted molar refractivity (Wildman–Crippen MR) is 116 cm³/mol. The topological polar surface area (TPSA) is 136 Å². The van der Waals surface area contributed by atoms with Gasteiger partial charge in [-0.25, -0.2) is 0 Å². The zero-order valence-corrected chi connectivity index (χ0v) is 18.4. The van der Waals surface area contributed by atoms with Crippen LogP contribution in [0, 0.1) is 22.7 Å². The molecule has 0 aromatic heterocycles. The van der Waals surface area contributed by atoms with Gasteiger partial charge in [0.05, 0.1) is 21.8 Å². The highest BCUT2D eigenvalue weighted by atomic mass is 35.5. The number of rotatable bonds is 6. The molecule has 0 amide bonds. The van der Waals surface area contributed by atoms with Crippen LogP contribution in [0.1, 0.15) is 21.5 Å². The molecule has 0 saturated heterocycles. The number of anilines is 1. The molecule has 11 heteroatoms. The highest BCUT2D eigenvalue weighted by Gasteiger charge is 2.39. The Morgan fingerprint density at radius 2 is 1.25 bits per heavy atom. The molecule has 0 aliphatic heterocycles. The zero-order chi connectivity index (χ0) is 23.5. The summed E-state index contributed by atoms with van der Waals surface area (Å²) in [6.07, 6.45) is 0.426. The molecule has 8 nitrogen and oxygen atoms in total. The van der Waals surface area contributed by atoms with E-state index < -0.39 is 35.5 Å². The van der Waals surface area contributed by atoms with Crippen LogP contribution in [0.5, 0.6) is 0 Å². The van der Waals surface area contributed by atoms with E-state index in [1.165, 1.54) is 36.4 Å². The smallest absolute Gasteiger partial charge is 0.279 e. The number of hydrogen-bond donors (Lipinski definition) is 0. The van der Waals surface area contributed by atoms with Crippen molar-refractivity contribution in [3.63, 3.8) is 0 Å². The average Bonchev–Trinajstić information content (AvgIpc) is 2.78. The Bertz CT molecular complexity index is 1430. The highest BCUT2D eigenvalue weighted by Crippen LogP contribution is 2.34. The number of carbonyl (C=O) groups is 1. The van der Waals surface area contributed by atoms with Crippen LogP contribution in [-0.2, 0) is 20.0 Å². The third-order valence-corrected chi connectivity index (χ3v) is 8.95. The molecule has 0 bridgehead atoms. The molecule has 0 saturated carbocycles. The first-order valence-corrected chi connectivity index (χ1v) is 12.0. The molecule has 0 spiro atoms. The van der Waals surface area contributed by atoms with E-state index in [1.54, 1.807) is 12.1 Å². The molecule has 0 N–H and O–H groups in total. The van der Waals surface area contributed by atoms with Crippen molar-refractivity contribution in [3.8, 4) is 12.1 Å². The third-order valence-electron chi connectivity index (χ3n) is 4.33. The Kier molecular flexibility index (Phi) is 6.32. The monoisotopic (exact) mass is 485 g/mol. The molecule has 0 aliphatic carbocycles. The van der Waals surface area contributed by atoms with Gasteiger partial charge < -0.3 is 0 Å². The van der Waals surface area contributed by atoms with Crippen LogP contribution in [0.15, 0.2) is 76.5 Å². The molecule has 0 atom stereocenters. The SMILES string of the molecule is N#Cc1ccccc1S(=O)(=O)N(c1ccc(C=O)c(Cl)c1)S(=O)(=O)c1ccccc1C#N. The van der Waals surface area contributed by atoms with E-state index in [9.17, 15) is 32.2 Å². The summed E-state index contributed by atoms with van der Waals surface area (Å²) in [6, 6.07) is 16.9. The highest BCUT2D eigenvalue weighted by molar-refractivity contribution is 8.10. The van der Waals surface area contributed by atoms with Gasteiger partial charge in [-0.2, -0.15) is 31.1 Å². The van der Waals surface area contributed by atoms with Crippen molar-refractivity contribution >= 4 is 43.6 Å². The summed E-state index contributed by atoms with van der Waals surface area (Å²) in [5.74, 6) is 0. The van der Waals surface area contributed by atoms with E-state index in [1.807, 2.05) is 0 Å². The summed E-state index contributed by atoms with van der Waals surface area (Å²) in [6.45, 7) is 0. The zero-order valence-electron chi connectivity index (χ0n) is 16.0. The van der Waals surface area contributed by atoms with Gasteiger partial charge in [-0.15, -0.1) is 0 Å². The molecule has 0 unspecified atom stereocenters. The molecule has 0 fully saturated rings. The molecule has 0 aliphatic rings. The molecular weight excluding hydrogens is 474 g/mol. The standard InChI is InChI=1S/C21H12ClN3O5S2/c22-19-11-18(10-9-17(19)14-26)25(31(27,28)20-7-3-1-5-15(20)12-23)32(29,30)21-8-4-2-6-16(21)13-24/h1-11,14H. The second-order valence-corrected chi connectivity index (χ2v) is 10.4. The maximum Gasteiger partial charge on any atom is 0.279 e. The lowest BCUT2D eigenvalue weighted by Crippen LogP contribution is -2.37. The van der Waals surface area contributed by atoms with Crippen molar-refractivity contribution in [2.75, 3.05) is 3.71 Å². The number of benzene rings is 3. The molecule has 160 valence electrons. The second kappa shape index (κ2) is 8.81. The van der Waals surface area contributed by atoms with E-state index in [4.69, 9.17) is 11.6 Å². The lowest BCUT2D eigenvalue weighted by Gasteiger charge is -2.25. The number of aldehydes is 1. The first-order valence-electron chi connectivity index (χ1n) is 8.72. The van der Waals surface area contributed by atoms with E-state index in [0.717, 1.165) is 30.3 Å². The Morgan fingerprint density at radius 1 is 0.781 bits per heavy atom. The number of halogens is 1. The van der Waals surface area contributed by atoms with E-state index in [-0.39, 0.29) is 25.4 Å². The maximum absolute atomic E-state index is 13.6. The Balaban J connectivity index is 2.40. The normalized spacial score (nSPS) is 11.2. The van der Waals surface area contributed by atoms with E-state index in [0.29, 0.717) is 6.29 Å². The van der Waals surface area contributed by atoms with Gasteiger partial charge in [0, 0.05) is 5.56 Å². The van der Waals surface area contributed by atoms with Gasteiger partial charge in [-0.1, -0.05) is 35.9 Å². The first-order chi connectivity index (χ1) is 15.2. The Morgan fingerprint density at radius 3 is 1.66 bits per heavy atom. The molecule has 0 radical (unpaired) electrons. The number of hydrogen-bond acceptors (Lipinski definition) is 7. The number of nitriles is 2. The van der Waals surface area contributed by atoms with E-state index >= 15 is 0 Å². The summed E-state index contributed by atoms with van der Waals surface area (Å²) in [5.41, 5.74) is -0.949. The second-order valence-electron chi connectivity index (χ2n) is 6.25.